The summed E-state index contributed by atoms with van der Waals surface area (Å²) in [5.74, 6) is 0.736. The van der Waals surface area contributed by atoms with Crippen LogP contribution in [0, 0.1) is 0 Å². The largest absolute Gasteiger partial charge is 0.497 e. The predicted octanol–water partition coefficient (Wildman–Crippen LogP) is 4.24. The van der Waals surface area contributed by atoms with E-state index in [0.717, 1.165) is 28.2 Å². The third kappa shape index (κ3) is 3.50. The third-order valence-electron chi connectivity index (χ3n) is 4.19. The molecule has 2 aromatic carbocycles. The van der Waals surface area contributed by atoms with E-state index in [-0.39, 0.29) is 5.91 Å². The quantitative estimate of drug-likeness (QED) is 0.728. The molecule has 3 aromatic rings. The fourth-order valence-corrected chi connectivity index (χ4v) is 5.12. The number of para-hydroxylation sites is 1. The zero-order valence-electron chi connectivity index (χ0n) is 14.6. The summed E-state index contributed by atoms with van der Waals surface area (Å²) in [7, 11) is 1.64. The molecule has 1 unspecified atom stereocenters. The molecule has 1 aliphatic rings. The highest BCUT2D eigenvalue weighted by molar-refractivity contribution is 8.00. The van der Waals surface area contributed by atoms with Crippen molar-refractivity contribution < 1.29 is 9.53 Å². The Bertz CT molecular complexity index is 957. The van der Waals surface area contributed by atoms with Gasteiger partial charge in [0.25, 0.3) is 0 Å². The Morgan fingerprint density at radius 3 is 3.04 bits per heavy atom. The number of fused-ring (bicyclic) bond motifs is 2. The number of methoxy groups -OCH3 is 1. The van der Waals surface area contributed by atoms with Gasteiger partial charge in [-0.1, -0.05) is 30.4 Å². The van der Waals surface area contributed by atoms with E-state index in [4.69, 9.17) is 4.74 Å². The number of hydrogen-bond donors (Lipinski definition) is 1. The molecule has 1 amide bonds. The summed E-state index contributed by atoms with van der Waals surface area (Å²) in [5.41, 5.74) is 1.99. The molecule has 0 fully saturated rings. The molecular formula is C19H19N3O2S2. The van der Waals surface area contributed by atoms with Crippen molar-refractivity contribution in [3.63, 3.8) is 0 Å². The number of nitrogens with one attached hydrogen (secondary N) is 1. The van der Waals surface area contributed by atoms with Crippen molar-refractivity contribution in [3.8, 4) is 5.75 Å². The van der Waals surface area contributed by atoms with Crippen LogP contribution in [-0.4, -0.2) is 36.3 Å². The van der Waals surface area contributed by atoms with Gasteiger partial charge in [0.05, 0.1) is 29.6 Å². The number of rotatable bonds is 4. The molecule has 26 heavy (non-hydrogen) atoms. The number of thioether (sulfide) groups is 1. The molecule has 0 radical (unpaired) electrons. The van der Waals surface area contributed by atoms with Gasteiger partial charge in [0.2, 0.25) is 5.91 Å². The van der Waals surface area contributed by atoms with Gasteiger partial charge in [0.15, 0.2) is 5.13 Å². The molecule has 1 aliphatic heterocycles. The Morgan fingerprint density at radius 2 is 2.19 bits per heavy atom. The lowest BCUT2D eigenvalue weighted by Gasteiger charge is -2.33. The highest BCUT2D eigenvalue weighted by Crippen LogP contribution is 2.38. The predicted molar refractivity (Wildman–Crippen MR) is 109 cm³/mol. The van der Waals surface area contributed by atoms with Gasteiger partial charge in [0.1, 0.15) is 5.75 Å². The number of anilines is 2. The van der Waals surface area contributed by atoms with Crippen molar-refractivity contribution in [2.75, 3.05) is 30.4 Å². The van der Waals surface area contributed by atoms with Crippen LogP contribution in [0.3, 0.4) is 0 Å². The minimum Gasteiger partial charge on any atom is -0.497 e. The van der Waals surface area contributed by atoms with E-state index in [1.807, 2.05) is 42.1 Å². The Kier molecular flexibility index (Phi) is 4.74. The number of thiazole rings is 1. The number of hydrogen-bond acceptors (Lipinski definition) is 6. The van der Waals surface area contributed by atoms with Crippen LogP contribution in [0.1, 0.15) is 6.92 Å². The van der Waals surface area contributed by atoms with Gasteiger partial charge in [-0.3, -0.25) is 4.79 Å². The van der Waals surface area contributed by atoms with Crippen molar-refractivity contribution in [2.45, 2.75) is 17.1 Å². The summed E-state index contributed by atoms with van der Waals surface area (Å²) in [6.45, 7) is 3.36. The van der Waals surface area contributed by atoms with Crippen molar-refractivity contribution in [3.05, 3.63) is 42.5 Å². The Balaban J connectivity index is 1.49. The van der Waals surface area contributed by atoms with Crippen LogP contribution in [0.15, 0.2) is 47.4 Å². The lowest BCUT2D eigenvalue weighted by Crippen LogP contribution is -2.39. The fourth-order valence-electron chi connectivity index (χ4n) is 3.05. The van der Waals surface area contributed by atoms with Crippen molar-refractivity contribution in [1.29, 1.82) is 0 Å². The zero-order chi connectivity index (χ0) is 18.1. The Hall–Kier alpha value is -2.25. The number of ether oxygens (including phenoxy) is 1. The van der Waals surface area contributed by atoms with Crippen LogP contribution >= 0.6 is 23.1 Å². The number of nitrogens with zero attached hydrogens (tertiary/aromatic N) is 2. The highest BCUT2D eigenvalue weighted by atomic mass is 32.2. The second-order valence-electron chi connectivity index (χ2n) is 6.18. The maximum atomic E-state index is 12.6. The van der Waals surface area contributed by atoms with Gasteiger partial charge < -0.3 is 15.0 Å². The third-order valence-corrected chi connectivity index (χ3v) is 6.27. The highest BCUT2D eigenvalue weighted by Gasteiger charge is 2.24. The summed E-state index contributed by atoms with van der Waals surface area (Å²) in [6.07, 6.45) is 0. The second-order valence-corrected chi connectivity index (χ2v) is 8.69. The molecule has 5 nitrogen and oxygen atoms in total. The number of amides is 1. The lowest BCUT2D eigenvalue weighted by molar-refractivity contribution is -0.115. The van der Waals surface area contributed by atoms with E-state index in [0.29, 0.717) is 16.9 Å². The van der Waals surface area contributed by atoms with Crippen molar-refractivity contribution >= 4 is 50.0 Å². The molecule has 134 valence electrons. The van der Waals surface area contributed by atoms with Gasteiger partial charge in [-0.2, -0.15) is 0 Å². The molecular weight excluding hydrogens is 366 g/mol. The van der Waals surface area contributed by atoms with Gasteiger partial charge >= 0.3 is 0 Å². The first-order chi connectivity index (χ1) is 12.6. The molecule has 0 saturated heterocycles. The van der Waals surface area contributed by atoms with Gasteiger partial charge in [0, 0.05) is 16.7 Å². The average Bonchev–Trinajstić information content (AvgIpc) is 3.02. The first-order valence-corrected chi connectivity index (χ1v) is 10.1. The molecule has 1 N–H and O–H groups in total. The zero-order valence-corrected chi connectivity index (χ0v) is 16.2. The smallest absolute Gasteiger partial charge is 0.245 e. The van der Waals surface area contributed by atoms with Crippen LogP contribution in [0.4, 0.5) is 10.8 Å². The van der Waals surface area contributed by atoms with E-state index in [1.165, 1.54) is 16.2 Å². The second kappa shape index (κ2) is 7.17. The van der Waals surface area contributed by atoms with Crippen LogP contribution in [-0.2, 0) is 4.79 Å². The molecule has 0 aliphatic carbocycles. The SMILES string of the molecule is COc1ccc2nc(NC(=O)CN3CC(C)Sc4ccccc43)sc2c1. The minimum atomic E-state index is -0.0510. The number of aromatic nitrogens is 1. The topological polar surface area (TPSA) is 54.5 Å². The maximum Gasteiger partial charge on any atom is 0.245 e. The number of benzene rings is 2. The number of carbonyl (C=O) groups is 1. The minimum absolute atomic E-state index is 0.0510. The molecule has 0 saturated carbocycles. The van der Waals surface area contributed by atoms with Crippen LogP contribution < -0.4 is 15.0 Å². The van der Waals surface area contributed by atoms with Gasteiger partial charge in [-0.05, 0) is 30.3 Å². The van der Waals surface area contributed by atoms with Gasteiger partial charge in [-0.25, -0.2) is 4.98 Å². The summed E-state index contributed by atoms with van der Waals surface area (Å²) in [4.78, 5) is 20.4. The summed E-state index contributed by atoms with van der Waals surface area (Å²) in [5, 5.41) is 4.01. The van der Waals surface area contributed by atoms with E-state index in [9.17, 15) is 4.79 Å². The van der Waals surface area contributed by atoms with Crippen molar-refractivity contribution in [1.82, 2.24) is 4.98 Å². The van der Waals surface area contributed by atoms with Crippen LogP contribution in [0.5, 0.6) is 5.75 Å². The molecule has 1 aromatic heterocycles. The normalized spacial score (nSPS) is 16.4. The number of carbonyl (C=O) groups excluding carboxylic acids is 1. The monoisotopic (exact) mass is 385 g/mol. The molecule has 0 spiro atoms. The average molecular weight is 386 g/mol. The molecule has 1 atom stereocenters. The Labute approximate surface area is 160 Å². The summed E-state index contributed by atoms with van der Waals surface area (Å²) < 4.78 is 6.23. The van der Waals surface area contributed by atoms with Gasteiger partial charge in [-0.15, -0.1) is 11.8 Å². The molecule has 7 heteroatoms. The molecule has 0 bridgehead atoms. The summed E-state index contributed by atoms with van der Waals surface area (Å²) in [6, 6.07) is 14.0. The van der Waals surface area contributed by atoms with E-state index < -0.39 is 0 Å². The van der Waals surface area contributed by atoms with E-state index in [2.05, 4.69) is 34.3 Å². The maximum absolute atomic E-state index is 12.6. The van der Waals surface area contributed by atoms with Crippen LogP contribution in [0.25, 0.3) is 10.2 Å². The van der Waals surface area contributed by atoms with E-state index >= 15 is 0 Å². The fraction of sp³-hybridized carbons (Fsp3) is 0.263. The van der Waals surface area contributed by atoms with Crippen molar-refractivity contribution in [2.24, 2.45) is 0 Å². The first kappa shape index (κ1) is 17.2. The first-order valence-electron chi connectivity index (χ1n) is 8.37. The summed E-state index contributed by atoms with van der Waals surface area (Å²) >= 11 is 3.32. The van der Waals surface area contributed by atoms with E-state index in [1.54, 1.807) is 7.11 Å². The Morgan fingerprint density at radius 1 is 1.35 bits per heavy atom. The lowest BCUT2D eigenvalue weighted by atomic mass is 10.2. The standard InChI is InChI=1S/C19H19N3O2S2/c1-12-10-22(15-5-3-4-6-16(15)25-12)11-18(23)21-19-20-14-8-7-13(24-2)9-17(14)26-19/h3-9,12H,10-11H2,1-2H3,(H,20,21,23). The molecule has 4 rings (SSSR count). The van der Waals surface area contributed by atoms with Crippen LogP contribution in [0.2, 0.25) is 0 Å². The molecule has 2 heterocycles.